The normalized spacial score (nSPS) is 8.32. The number of anilines is 1. The summed E-state index contributed by atoms with van der Waals surface area (Å²) in [6.07, 6.45) is 0. The Morgan fingerprint density at radius 3 is 2.11 bits per heavy atom. The van der Waals surface area contributed by atoms with E-state index < -0.39 is 0 Å². The molecule has 1 rings (SSSR count). The molecule has 0 aliphatic rings. The van der Waals surface area contributed by atoms with Gasteiger partial charge in [-0.15, -0.1) is 0 Å². The number of allylic oxidation sites excluding steroid dienone is 2. The molecular formula is C12H3Br2N5. The van der Waals surface area contributed by atoms with Crippen molar-refractivity contribution in [3.63, 3.8) is 0 Å². The van der Waals surface area contributed by atoms with Crippen molar-refractivity contribution in [2.45, 2.75) is 0 Å². The molecule has 0 saturated heterocycles. The molecule has 0 fully saturated rings. The SMILES string of the molecule is N#CC(C#N)=C(C#N)Nc1c(Br)cc(Br)cc1C#N. The first-order valence-corrected chi connectivity index (χ1v) is 6.26. The topological polar surface area (TPSA) is 107 Å². The van der Waals surface area contributed by atoms with Crippen LogP contribution < -0.4 is 5.32 Å². The van der Waals surface area contributed by atoms with Gasteiger partial charge in [0.15, 0.2) is 5.57 Å². The van der Waals surface area contributed by atoms with Crippen molar-refractivity contribution < 1.29 is 0 Å². The fourth-order valence-electron chi connectivity index (χ4n) is 1.20. The third-order valence-corrected chi connectivity index (χ3v) is 3.09. The van der Waals surface area contributed by atoms with E-state index in [1.54, 1.807) is 30.3 Å². The van der Waals surface area contributed by atoms with Crippen molar-refractivity contribution in [2.24, 2.45) is 0 Å². The molecule has 0 amide bonds. The highest BCUT2D eigenvalue weighted by Crippen LogP contribution is 2.31. The van der Waals surface area contributed by atoms with E-state index in [2.05, 4.69) is 37.2 Å². The summed E-state index contributed by atoms with van der Waals surface area (Å²) >= 11 is 6.48. The lowest BCUT2D eigenvalue weighted by atomic mass is 10.1. The highest BCUT2D eigenvalue weighted by atomic mass is 79.9. The van der Waals surface area contributed by atoms with Gasteiger partial charge in [-0.1, -0.05) is 15.9 Å². The Kier molecular flexibility index (Phi) is 5.10. The number of halogens is 2. The molecule has 1 aromatic rings. The van der Waals surface area contributed by atoms with E-state index in [4.69, 9.17) is 21.0 Å². The molecule has 0 radical (unpaired) electrons. The highest BCUT2D eigenvalue weighted by Gasteiger charge is 2.13. The minimum Gasteiger partial charge on any atom is -0.343 e. The van der Waals surface area contributed by atoms with Crippen molar-refractivity contribution in [3.8, 4) is 24.3 Å². The molecule has 1 aromatic carbocycles. The number of hydrogen-bond donors (Lipinski definition) is 1. The van der Waals surface area contributed by atoms with E-state index >= 15 is 0 Å². The monoisotopic (exact) mass is 375 g/mol. The van der Waals surface area contributed by atoms with Crippen LogP contribution in [0, 0.1) is 45.3 Å². The van der Waals surface area contributed by atoms with E-state index in [1.165, 1.54) is 0 Å². The minimum atomic E-state index is -0.346. The Morgan fingerprint density at radius 2 is 1.63 bits per heavy atom. The molecule has 0 heterocycles. The Balaban J connectivity index is 3.41. The second-order valence-electron chi connectivity index (χ2n) is 3.13. The van der Waals surface area contributed by atoms with Crippen molar-refractivity contribution in [1.82, 2.24) is 0 Å². The van der Waals surface area contributed by atoms with Gasteiger partial charge in [0.2, 0.25) is 0 Å². The second-order valence-corrected chi connectivity index (χ2v) is 4.90. The van der Waals surface area contributed by atoms with Gasteiger partial charge in [-0.3, -0.25) is 0 Å². The summed E-state index contributed by atoms with van der Waals surface area (Å²) in [5.74, 6) is 0. The smallest absolute Gasteiger partial charge is 0.163 e. The maximum atomic E-state index is 9.05. The molecule has 0 aliphatic heterocycles. The predicted molar refractivity (Wildman–Crippen MR) is 74.0 cm³/mol. The molecule has 0 atom stereocenters. The number of nitrogens with zero attached hydrogens (tertiary/aromatic N) is 4. The lowest BCUT2D eigenvalue weighted by molar-refractivity contribution is 1.35. The number of hydrogen-bond acceptors (Lipinski definition) is 5. The quantitative estimate of drug-likeness (QED) is 0.796. The van der Waals surface area contributed by atoms with Crippen LogP contribution >= 0.6 is 31.9 Å². The van der Waals surface area contributed by atoms with Gasteiger partial charge in [0.25, 0.3) is 0 Å². The zero-order chi connectivity index (χ0) is 14.4. The fourth-order valence-corrected chi connectivity index (χ4v) is 2.52. The molecule has 0 aliphatic carbocycles. The second kappa shape index (κ2) is 6.57. The van der Waals surface area contributed by atoms with Crippen LogP contribution in [-0.2, 0) is 0 Å². The van der Waals surface area contributed by atoms with Crippen LogP contribution in [-0.4, -0.2) is 0 Å². The molecule has 90 valence electrons. The van der Waals surface area contributed by atoms with Crippen molar-refractivity contribution >= 4 is 37.5 Å². The summed E-state index contributed by atoms with van der Waals surface area (Å²) in [6, 6.07) is 10.2. The van der Waals surface area contributed by atoms with Crippen LogP contribution in [0.2, 0.25) is 0 Å². The number of benzene rings is 1. The number of nitrogens with one attached hydrogen (secondary N) is 1. The van der Waals surface area contributed by atoms with Gasteiger partial charge >= 0.3 is 0 Å². The first-order chi connectivity index (χ1) is 9.07. The number of nitriles is 4. The van der Waals surface area contributed by atoms with Crippen LogP contribution in [0.25, 0.3) is 0 Å². The van der Waals surface area contributed by atoms with Crippen molar-refractivity contribution in [3.05, 3.63) is 37.9 Å². The summed E-state index contributed by atoms with van der Waals surface area (Å²) in [6.45, 7) is 0. The Bertz CT molecular complexity index is 707. The van der Waals surface area contributed by atoms with E-state index in [9.17, 15) is 0 Å². The van der Waals surface area contributed by atoms with E-state index in [0.717, 1.165) is 0 Å². The van der Waals surface area contributed by atoms with Gasteiger partial charge in [0, 0.05) is 8.95 Å². The zero-order valence-corrected chi connectivity index (χ0v) is 12.4. The fraction of sp³-hybridized carbons (Fsp3) is 0. The third-order valence-electron chi connectivity index (χ3n) is 2.01. The first kappa shape index (κ1) is 14.7. The molecule has 19 heavy (non-hydrogen) atoms. The van der Waals surface area contributed by atoms with Crippen molar-refractivity contribution in [1.29, 1.82) is 21.0 Å². The Morgan fingerprint density at radius 1 is 1.00 bits per heavy atom. The molecule has 0 saturated carbocycles. The largest absolute Gasteiger partial charge is 0.343 e. The average Bonchev–Trinajstić information content (AvgIpc) is 2.40. The molecular weight excluding hydrogens is 374 g/mol. The van der Waals surface area contributed by atoms with Gasteiger partial charge in [-0.05, 0) is 28.1 Å². The van der Waals surface area contributed by atoms with Crippen LogP contribution in [0.15, 0.2) is 32.3 Å². The third kappa shape index (κ3) is 3.33. The summed E-state index contributed by atoms with van der Waals surface area (Å²) in [5, 5.41) is 38.1. The zero-order valence-electron chi connectivity index (χ0n) is 9.20. The van der Waals surface area contributed by atoms with Gasteiger partial charge in [0.05, 0.1) is 11.3 Å². The molecule has 0 spiro atoms. The highest BCUT2D eigenvalue weighted by molar-refractivity contribution is 9.11. The first-order valence-electron chi connectivity index (χ1n) is 4.68. The van der Waals surface area contributed by atoms with Crippen LogP contribution in [0.3, 0.4) is 0 Å². The average molecular weight is 377 g/mol. The minimum absolute atomic E-state index is 0.204. The maximum Gasteiger partial charge on any atom is 0.163 e. The molecule has 0 unspecified atom stereocenters. The summed E-state index contributed by atoms with van der Waals surface area (Å²) in [7, 11) is 0. The maximum absolute atomic E-state index is 9.05. The van der Waals surface area contributed by atoms with Gasteiger partial charge in [-0.2, -0.15) is 21.0 Å². The Labute approximate surface area is 126 Å². The lowest BCUT2D eigenvalue weighted by Crippen LogP contribution is -2.03. The summed E-state index contributed by atoms with van der Waals surface area (Å²) in [5.41, 5.74) is 0.0419. The van der Waals surface area contributed by atoms with Crippen LogP contribution in [0.4, 0.5) is 5.69 Å². The predicted octanol–water partition coefficient (Wildman–Crippen LogP) is 3.32. The van der Waals surface area contributed by atoms with Gasteiger partial charge < -0.3 is 5.32 Å². The number of rotatable bonds is 2. The van der Waals surface area contributed by atoms with E-state index in [1.807, 2.05) is 6.07 Å². The van der Waals surface area contributed by atoms with Crippen LogP contribution in [0.5, 0.6) is 0 Å². The standard InChI is InChI=1S/C12H3Br2N5/c13-9-1-7(3-15)12(10(14)2-9)19-11(6-18)8(4-16)5-17/h1-2,19H. The molecule has 0 aromatic heterocycles. The van der Waals surface area contributed by atoms with Gasteiger partial charge in [-0.25, -0.2) is 0 Å². The molecule has 5 nitrogen and oxygen atoms in total. The van der Waals surface area contributed by atoms with E-state index in [-0.39, 0.29) is 16.8 Å². The lowest BCUT2D eigenvalue weighted by Gasteiger charge is -2.09. The van der Waals surface area contributed by atoms with Crippen molar-refractivity contribution in [2.75, 3.05) is 5.32 Å². The molecule has 0 bridgehead atoms. The summed E-state index contributed by atoms with van der Waals surface area (Å²) < 4.78 is 1.21. The van der Waals surface area contributed by atoms with Crippen LogP contribution in [0.1, 0.15) is 5.56 Å². The van der Waals surface area contributed by atoms with Gasteiger partial charge in [0.1, 0.15) is 30.0 Å². The Hall–Kier alpha value is -2.32. The van der Waals surface area contributed by atoms with E-state index in [0.29, 0.717) is 14.6 Å². The summed E-state index contributed by atoms with van der Waals surface area (Å²) in [4.78, 5) is 0. The molecule has 7 heteroatoms. The molecule has 1 N–H and O–H groups in total.